The van der Waals surface area contributed by atoms with Crippen LogP contribution in [-0.2, 0) is 0 Å². The molecule has 0 amide bonds. The third kappa shape index (κ3) is 1.80. The lowest BCUT2D eigenvalue weighted by atomic mass is 10.0. The average molecular weight is 238 g/mol. The molecule has 1 aliphatic rings. The second kappa shape index (κ2) is 3.77. The van der Waals surface area contributed by atoms with E-state index >= 15 is 0 Å². The van der Waals surface area contributed by atoms with Crippen LogP contribution in [0.4, 0.5) is 10.1 Å². The Kier molecular flexibility index (Phi) is 2.66. The van der Waals surface area contributed by atoms with Gasteiger partial charge in [0.15, 0.2) is 0 Å². The molecular formula is C12H15FN2O2. The molecule has 0 saturated heterocycles. The maximum absolute atomic E-state index is 13.7. The van der Waals surface area contributed by atoms with Gasteiger partial charge in [0, 0.05) is 12.1 Å². The van der Waals surface area contributed by atoms with Crippen molar-refractivity contribution >= 4 is 5.69 Å². The van der Waals surface area contributed by atoms with E-state index in [2.05, 4.69) is 0 Å². The Balaban J connectivity index is 2.40. The summed E-state index contributed by atoms with van der Waals surface area (Å²) in [6.07, 6.45) is 0. The van der Waals surface area contributed by atoms with E-state index in [0.29, 0.717) is 12.1 Å². The minimum absolute atomic E-state index is 0.0209. The second-order valence-electron chi connectivity index (χ2n) is 5.10. The average Bonchev–Trinajstić information content (AvgIpc) is 2.80. The topological polar surface area (TPSA) is 69.2 Å². The van der Waals surface area contributed by atoms with Crippen molar-refractivity contribution in [3.63, 3.8) is 0 Å². The summed E-state index contributed by atoms with van der Waals surface area (Å²) >= 11 is 0. The SMILES string of the molecule is CC1(C)[C@@H](CN)[C@@H]1c1cc([N+](=O)[O-])ccc1F. The van der Waals surface area contributed by atoms with Crippen LogP contribution in [0.25, 0.3) is 0 Å². The molecule has 1 saturated carbocycles. The van der Waals surface area contributed by atoms with E-state index in [1.54, 1.807) is 0 Å². The Bertz CT molecular complexity index is 474. The van der Waals surface area contributed by atoms with Crippen LogP contribution in [0, 0.1) is 27.3 Å². The van der Waals surface area contributed by atoms with E-state index in [1.165, 1.54) is 12.1 Å². The maximum atomic E-state index is 13.7. The number of nitro benzene ring substituents is 1. The Morgan fingerprint density at radius 2 is 2.18 bits per heavy atom. The molecule has 92 valence electrons. The first-order valence-corrected chi connectivity index (χ1v) is 5.53. The highest BCUT2D eigenvalue weighted by Gasteiger charge is 2.58. The number of benzene rings is 1. The van der Waals surface area contributed by atoms with Crippen molar-refractivity contribution in [2.45, 2.75) is 19.8 Å². The molecule has 1 aliphatic carbocycles. The quantitative estimate of drug-likeness (QED) is 0.649. The van der Waals surface area contributed by atoms with Gasteiger partial charge in [0.2, 0.25) is 0 Å². The lowest BCUT2D eigenvalue weighted by Gasteiger charge is -2.04. The van der Waals surface area contributed by atoms with Crippen LogP contribution in [0.15, 0.2) is 18.2 Å². The summed E-state index contributed by atoms with van der Waals surface area (Å²) in [6, 6.07) is 3.68. The molecule has 2 rings (SSSR count). The summed E-state index contributed by atoms with van der Waals surface area (Å²) in [5.41, 5.74) is 5.90. The first-order chi connectivity index (χ1) is 7.89. The van der Waals surface area contributed by atoms with Gasteiger partial charge in [-0.05, 0) is 35.4 Å². The Morgan fingerprint density at radius 1 is 1.53 bits per heavy atom. The van der Waals surface area contributed by atoms with E-state index in [-0.39, 0.29) is 28.8 Å². The third-order valence-electron chi connectivity index (χ3n) is 3.83. The number of hydrogen-bond acceptors (Lipinski definition) is 3. The van der Waals surface area contributed by atoms with Crippen LogP contribution < -0.4 is 5.73 Å². The summed E-state index contributed by atoms with van der Waals surface area (Å²) in [6.45, 7) is 4.49. The van der Waals surface area contributed by atoms with Crippen molar-refractivity contribution in [3.8, 4) is 0 Å². The minimum Gasteiger partial charge on any atom is -0.330 e. The van der Waals surface area contributed by atoms with E-state index in [1.807, 2.05) is 13.8 Å². The van der Waals surface area contributed by atoms with Gasteiger partial charge in [0.25, 0.3) is 5.69 Å². The minimum atomic E-state index is -0.504. The number of hydrogen-bond donors (Lipinski definition) is 1. The van der Waals surface area contributed by atoms with Crippen LogP contribution in [0.5, 0.6) is 0 Å². The number of nitro groups is 1. The molecule has 0 spiro atoms. The van der Waals surface area contributed by atoms with Gasteiger partial charge in [-0.2, -0.15) is 0 Å². The predicted molar refractivity (Wildman–Crippen MR) is 62.1 cm³/mol. The zero-order valence-electron chi connectivity index (χ0n) is 9.81. The molecule has 17 heavy (non-hydrogen) atoms. The van der Waals surface area contributed by atoms with E-state index in [4.69, 9.17) is 5.73 Å². The van der Waals surface area contributed by atoms with Crippen LogP contribution in [0.1, 0.15) is 25.3 Å². The van der Waals surface area contributed by atoms with Crippen molar-refractivity contribution in [1.29, 1.82) is 0 Å². The highest BCUT2D eigenvalue weighted by molar-refractivity contribution is 5.41. The molecule has 0 aromatic heterocycles. The van der Waals surface area contributed by atoms with Gasteiger partial charge in [-0.3, -0.25) is 10.1 Å². The lowest BCUT2D eigenvalue weighted by Crippen LogP contribution is -2.05. The van der Waals surface area contributed by atoms with Crippen LogP contribution in [0.3, 0.4) is 0 Å². The Labute approximate surface area is 98.8 Å². The fourth-order valence-electron chi connectivity index (χ4n) is 2.68. The van der Waals surface area contributed by atoms with Gasteiger partial charge in [0.1, 0.15) is 5.82 Å². The lowest BCUT2D eigenvalue weighted by molar-refractivity contribution is -0.385. The molecule has 1 fully saturated rings. The van der Waals surface area contributed by atoms with Gasteiger partial charge < -0.3 is 5.73 Å². The zero-order chi connectivity index (χ0) is 12.8. The molecule has 0 heterocycles. The summed E-state index contributed by atoms with van der Waals surface area (Å²) in [7, 11) is 0. The fourth-order valence-corrected chi connectivity index (χ4v) is 2.68. The Hall–Kier alpha value is -1.49. The normalized spacial score (nSPS) is 25.6. The number of rotatable bonds is 3. The summed E-state index contributed by atoms with van der Waals surface area (Å²) in [4.78, 5) is 10.2. The highest BCUT2D eigenvalue weighted by atomic mass is 19.1. The van der Waals surface area contributed by atoms with Crippen molar-refractivity contribution < 1.29 is 9.31 Å². The smallest absolute Gasteiger partial charge is 0.269 e. The van der Waals surface area contributed by atoms with Gasteiger partial charge >= 0.3 is 0 Å². The van der Waals surface area contributed by atoms with Gasteiger partial charge in [-0.15, -0.1) is 0 Å². The van der Waals surface area contributed by atoms with E-state index in [0.717, 1.165) is 6.07 Å². The monoisotopic (exact) mass is 238 g/mol. The Morgan fingerprint density at radius 3 is 2.65 bits per heavy atom. The molecule has 2 atom stereocenters. The third-order valence-corrected chi connectivity index (χ3v) is 3.83. The molecule has 0 aliphatic heterocycles. The maximum Gasteiger partial charge on any atom is 0.269 e. The van der Waals surface area contributed by atoms with Crippen molar-refractivity contribution in [1.82, 2.24) is 0 Å². The molecule has 5 heteroatoms. The van der Waals surface area contributed by atoms with Crippen molar-refractivity contribution in [3.05, 3.63) is 39.7 Å². The van der Waals surface area contributed by atoms with Gasteiger partial charge in [-0.1, -0.05) is 13.8 Å². The molecule has 0 unspecified atom stereocenters. The van der Waals surface area contributed by atoms with E-state index in [9.17, 15) is 14.5 Å². The fraction of sp³-hybridized carbons (Fsp3) is 0.500. The van der Waals surface area contributed by atoms with E-state index < -0.39 is 4.92 Å². The zero-order valence-corrected chi connectivity index (χ0v) is 9.81. The molecule has 0 bridgehead atoms. The molecule has 1 aromatic rings. The second-order valence-corrected chi connectivity index (χ2v) is 5.10. The summed E-state index contributed by atoms with van der Waals surface area (Å²) in [5.74, 6) is -0.212. The molecule has 2 N–H and O–H groups in total. The largest absolute Gasteiger partial charge is 0.330 e. The number of non-ortho nitro benzene ring substituents is 1. The summed E-state index contributed by atoms with van der Waals surface area (Å²) < 4.78 is 13.7. The number of halogens is 1. The first kappa shape index (κ1) is 12.0. The van der Waals surface area contributed by atoms with Crippen LogP contribution in [0.2, 0.25) is 0 Å². The van der Waals surface area contributed by atoms with Crippen LogP contribution >= 0.6 is 0 Å². The van der Waals surface area contributed by atoms with Crippen LogP contribution in [-0.4, -0.2) is 11.5 Å². The molecule has 4 nitrogen and oxygen atoms in total. The number of nitrogens with two attached hydrogens (primary N) is 1. The standard InChI is InChI=1S/C12H15FN2O2/c1-12(2)9(6-14)11(12)8-5-7(15(16)17)3-4-10(8)13/h3-5,9,11H,6,14H2,1-2H3/t9-,11-/m0/s1. The van der Waals surface area contributed by atoms with Crippen molar-refractivity contribution in [2.75, 3.05) is 6.54 Å². The van der Waals surface area contributed by atoms with Gasteiger partial charge in [-0.25, -0.2) is 4.39 Å². The number of nitrogens with zero attached hydrogens (tertiary/aromatic N) is 1. The highest BCUT2D eigenvalue weighted by Crippen LogP contribution is 2.64. The molecular weight excluding hydrogens is 223 g/mol. The molecule has 1 aromatic carbocycles. The van der Waals surface area contributed by atoms with Gasteiger partial charge in [0.05, 0.1) is 4.92 Å². The first-order valence-electron chi connectivity index (χ1n) is 5.53. The molecule has 0 radical (unpaired) electrons. The van der Waals surface area contributed by atoms with Crippen molar-refractivity contribution in [2.24, 2.45) is 17.1 Å². The predicted octanol–water partition coefficient (Wildman–Crippen LogP) is 2.43. The summed E-state index contributed by atoms with van der Waals surface area (Å²) in [5, 5.41) is 10.7.